The van der Waals surface area contributed by atoms with Crippen LogP contribution in [0.3, 0.4) is 0 Å². The molecule has 10 rings (SSSR count). The molecule has 6 heterocycles. The monoisotopic (exact) mass is 637 g/mol. The van der Waals surface area contributed by atoms with Gasteiger partial charge in [0.2, 0.25) is 0 Å². The van der Waals surface area contributed by atoms with Gasteiger partial charge in [-0.1, -0.05) is 60.7 Å². The first-order chi connectivity index (χ1) is 24.8. The van der Waals surface area contributed by atoms with E-state index < -0.39 is 0 Å². The van der Waals surface area contributed by atoms with Crippen molar-refractivity contribution >= 4 is 29.1 Å². The molecule has 2 aliphatic rings. The van der Waals surface area contributed by atoms with Crippen LogP contribution in [0, 0.1) is 0 Å². The SMILES string of the molecule is c1ccc2c(c1)B1c3ccccc3-c3cc(-c4cncc(-c5ccncc5)c4)ccc3N1c1ccc(-c3cncc(-c4ccncc4)c3)cc1-2. The summed E-state index contributed by atoms with van der Waals surface area (Å²) < 4.78 is 0. The summed E-state index contributed by atoms with van der Waals surface area (Å²) >= 11 is 0. The first kappa shape index (κ1) is 28.4. The van der Waals surface area contributed by atoms with Crippen molar-refractivity contribution in [3.8, 4) is 66.8 Å². The highest BCUT2D eigenvalue weighted by Crippen LogP contribution is 2.48. The Morgan fingerprint density at radius 3 is 1.22 bits per heavy atom. The number of aromatic nitrogens is 4. The van der Waals surface area contributed by atoms with Gasteiger partial charge in [-0.25, -0.2) is 0 Å². The van der Waals surface area contributed by atoms with Crippen molar-refractivity contribution in [2.45, 2.75) is 0 Å². The summed E-state index contributed by atoms with van der Waals surface area (Å²) in [5, 5.41) is 0. The molecule has 0 radical (unpaired) electrons. The number of rotatable bonds is 4. The smallest absolute Gasteiger partial charge is 0.329 e. The van der Waals surface area contributed by atoms with Crippen LogP contribution in [0.5, 0.6) is 0 Å². The molecule has 0 aliphatic carbocycles. The second-order valence-electron chi connectivity index (χ2n) is 12.8. The summed E-state index contributed by atoms with van der Waals surface area (Å²) in [7, 11) is 0. The summed E-state index contributed by atoms with van der Waals surface area (Å²) in [6.07, 6.45) is 15.0. The van der Waals surface area contributed by atoms with Crippen molar-refractivity contribution in [2.75, 3.05) is 4.81 Å². The van der Waals surface area contributed by atoms with Crippen molar-refractivity contribution in [3.63, 3.8) is 0 Å². The van der Waals surface area contributed by atoms with Gasteiger partial charge in [-0.05, 0) is 105 Å². The van der Waals surface area contributed by atoms with Crippen LogP contribution in [0.4, 0.5) is 11.4 Å². The summed E-state index contributed by atoms with van der Waals surface area (Å²) in [5.41, 5.74) is 18.7. The van der Waals surface area contributed by atoms with Crippen LogP contribution in [0.2, 0.25) is 0 Å². The fourth-order valence-corrected chi connectivity index (χ4v) is 7.70. The maximum Gasteiger partial charge on any atom is 0.329 e. The Balaban J connectivity index is 1.13. The molecule has 0 atom stereocenters. The average molecular weight is 638 g/mol. The molecule has 0 amide bonds. The van der Waals surface area contributed by atoms with Gasteiger partial charge in [0.15, 0.2) is 0 Å². The Morgan fingerprint density at radius 1 is 0.340 bits per heavy atom. The zero-order valence-electron chi connectivity index (χ0n) is 27.0. The van der Waals surface area contributed by atoms with Crippen LogP contribution < -0.4 is 15.7 Å². The Kier molecular flexibility index (Phi) is 6.52. The van der Waals surface area contributed by atoms with E-state index in [0.29, 0.717) is 0 Å². The third kappa shape index (κ3) is 4.57. The predicted octanol–water partition coefficient (Wildman–Crippen LogP) is 8.84. The van der Waals surface area contributed by atoms with Gasteiger partial charge in [0, 0.05) is 94.3 Å². The zero-order chi connectivity index (χ0) is 33.0. The Morgan fingerprint density at radius 2 is 0.760 bits per heavy atom. The maximum absolute atomic E-state index is 4.63. The van der Waals surface area contributed by atoms with Crippen molar-refractivity contribution in [1.82, 2.24) is 19.9 Å². The second kappa shape index (κ2) is 11.5. The molecule has 0 saturated carbocycles. The van der Waals surface area contributed by atoms with E-state index in [9.17, 15) is 0 Å². The molecule has 8 aromatic rings. The Bertz CT molecular complexity index is 2390. The molecule has 4 aromatic carbocycles. The van der Waals surface area contributed by atoms with Gasteiger partial charge in [0.05, 0.1) is 0 Å². The van der Waals surface area contributed by atoms with E-state index in [1.165, 1.54) is 44.6 Å². The predicted molar refractivity (Wildman–Crippen MR) is 204 cm³/mol. The highest BCUT2D eigenvalue weighted by Gasteiger charge is 2.42. The highest BCUT2D eigenvalue weighted by molar-refractivity contribution is 6.92. The zero-order valence-corrected chi connectivity index (χ0v) is 27.0. The first-order valence-electron chi connectivity index (χ1n) is 16.8. The number of benzene rings is 4. The van der Waals surface area contributed by atoms with Crippen LogP contribution >= 0.6 is 0 Å². The quantitative estimate of drug-likeness (QED) is 0.181. The Labute approximate surface area is 290 Å². The molecule has 232 valence electrons. The fraction of sp³-hybridized carbons (Fsp3) is 0. The standard InChI is InChI=1S/C44H28BN5/c1-3-7-41-37(5-1)39-23-31(35-21-33(25-48-27-35)29-13-17-46-18-14-29)9-11-43(39)50-44-12-10-32(24-40(44)38-6-2-4-8-42(38)45(41)50)36-22-34(26-49-28-36)30-15-19-47-20-16-30/h1-28H. The van der Waals surface area contributed by atoms with Gasteiger partial charge >= 0.3 is 6.85 Å². The number of fused-ring (bicyclic) bond motifs is 11. The Hall–Kier alpha value is -6.66. The number of pyridine rings is 4. The molecule has 0 fully saturated rings. The lowest BCUT2D eigenvalue weighted by molar-refractivity contribution is 1.30. The molecule has 0 spiro atoms. The summed E-state index contributed by atoms with van der Waals surface area (Å²) in [5.74, 6) is 0. The van der Waals surface area contributed by atoms with Gasteiger partial charge < -0.3 is 4.81 Å². The minimum Gasteiger partial charge on any atom is -0.376 e. The van der Waals surface area contributed by atoms with E-state index >= 15 is 0 Å². The summed E-state index contributed by atoms with van der Waals surface area (Å²) in [6.45, 7) is 0.0486. The molecule has 0 unspecified atom stereocenters. The molecule has 0 saturated heterocycles. The average Bonchev–Trinajstić information content (AvgIpc) is 3.21. The van der Waals surface area contributed by atoms with Gasteiger partial charge in [-0.3, -0.25) is 19.9 Å². The molecular formula is C44H28BN5. The molecule has 50 heavy (non-hydrogen) atoms. The van der Waals surface area contributed by atoms with Crippen LogP contribution in [0.15, 0.2) is 171 Å². The van der Waals surface area contributed by atoms with Crippen molar-refractivity contribution in [3.05, 3.63) is 171 Å². The van der Waals surface area contributed by atoms with Crippen LogP contribution in [-0.2, 0) is 0 Å². The number of hydrogen-bond donors (Lipinski definition) is 0. The molecule has 0 N–H and O–H groups in total. The topological polar surface area (TPSA) is 54.8 Å². The molecule has 6 heteroatoms. The van der Waals surface area contributed by atoms with Gasteiger partial charge in [0.1, 0.15) is 0 Å². The molecule has 0 bridgehead atoms. The van der Waals surface area contributed by atoms with Crippen LogP contribution in [0.1, 0.15) is 0 Å². The molecule has 2 aliphatic heterocycles. The van der Waals surface area contributed by atoms with Crippen molar-refractivity contribution < 1.29 is 0 Å². The number of hydrogen-bond acceptors (Lipinski definition) is 5. The number of nitrogens with zero attached hydrogens (tertiary/aromatic N) is 5. The summed E-state index contributed by atoms with van der Waals surface area (Å²) in [4.78, 5) is 20.2. The third-order valence-corrected chi connectivity index (χ3v) is 10.0. The van der Waals surface area contributed by atoms with Crippen LogP contribution in [-0.4, -0.2) is 26.8 Å². The van der Waals surface area contributed by atoms with E-state index in [4.69, 9.17) is 0 Å². The van der Waals surface area contributed by atoms with Gasteiger partial charge in [-0.15, -0.1) is 0 Å². The van der Waals surface area contributed by atoms with E-state index in [2.05, 4.69) is 122 Å². The lowest BCUT2D eigenvalue weighted by Gasteiger charge is -2.43. The molecule has 4 aromatic heterocycles. The third-order valence-electron chi connectivity index (χ3n) is 10.0. The minimum absolute atomic E-state index is 0.0486. The largest absolute Gasteiger partial charge is 0.376 e. The second-order valence-corrected chi connectivity index (χ2v) is 12.8. The van der Waals surface area contributed by atoms with Crippen LogP contribution in [0.25, 0.3) is 66.8 Å². The lowest BCUT2D eigenvalue weighted by atomic mass is 9.43. The maximum atomic E-state index is 4.63. The number of anilines is 2. The summed E-state index contributed by atoms with van der Waals surface area (Å²) in [6, 6.07) is 44.0. The molecular weight excluding hydrogens is 609 g/mol. The van der Waals surface area contributed by atoms with Gasteiger partial charge in [0.25, 0.3) is 0 Å². The van der Waals surface area contributed by atoms with E-state index in [1.54, 1.807) is 0 Å². The van der Waals surface area contributed by atoms with E-state index in [1.807, 2.05) is 73.8 Å². The van der Waals surface area contributed by atoms with E-state index in [-0.39, 0.29) is 6.85 Å². The molecule has 5 nitrogen and oxygen atoms in total. The van der Waals surface area contributed by atoms with E-state index in [0.717, 1.165) is 44.5 Å². The van der Waals surface area contributed by atoms with Gasteiger partial charge in [-0.2, -0.15) is 0 Å². The highest BCUT2D eigenvalue weighted by atomic mass is 15.1. The fourth-order valence-electron chi connectivity index (χ4n) is 7.70. The lowest BCUT2D eigenvalue weighted by Crippen LogP contribution is -2.59. The van der Waals surface area contributed by atoms with Crippen molar-refractivity contribution in [1.29, 1.82) is 0 Å². The normalized spacial score (nSPS) is 12.3. The first-order valence-corrected chi connectivity index (χ1v) is 16.8. The van der Waals surface area contributed by atoms with Crippen molar-refractivity contribution in [2.24, 2.45) is 0 Å². The minimum atomic E-state index is 0.0486.